The summed E-state index contributed by atoms with van der Waals surface area (Å²) < 4.78 is 24.3. The highest BCUT2D eigenvalue weighted by Crippen LogP contribution is 2.51. The van der Waals surface area contributed by atoms with Crippen LogP contribution in [-0.2, 0) is 14.1 Å². The molecule has 0 aliphatic heterocycles. The van der Waals surface area contributed by atoms with Gasteiger partial charge >= 0.3 is 5.97 Å². The molecule has 0 bridgehead atoms. The van der Waals surface area contributed by atoms with E-state index in [-0.39, 0.29) is 28.9 Å². The largest absolute Gasteiger partial charge is 0.496 e. The van der Waals surface area contributed by atoms with Gasteiger partial charge in [-0.05, 0) is 18.6 Å². The molecule has 7 heteroatoms. The van der Waals surface area contributed by atoms with Gasteiger partial charge in [0.1, 0.15) is 5.75 Å². The van der Waals surface area contributed by atoms with E-state index in [4.69, 9.17) is 21.1 Å². The Morgan fingerprint density at radius 1 is 1.07 bits per heavy atom. The van der Waals surface area contributed by atoms with Crippen molar-refractivity contribution >= 4 is 35.5 Å². The predicted molar refractivity (Wildman–Crippen MR) is 111 cm³/mol. The van der Waals surface area contributed by atoms with Crippen LogP contribution >= 0.6 is 18.7 Å². The number of benzene rings is 2. The van der Waals surface area contributed by atoms with Crippen molar-refractivity contribution in [3.05, 3.63) is 59.1 Å². The fraction of sp³-hybridized carbons (Fsp3) is 0.333. The molecular weight excluding hydrogens is 399 g/mol. The maximum Gasteiger partial charge on any atom is 0.306 e. The number of carbonyl (C=O) groups excluding carboxylic acids is 2. The number of ether oxygens (including phenoxy) is 2. The summed E-state index contributed by atoms with van der Waals surface area (Å²) in [5.74, 6) is -0.220. The molecule has 0 heterocycles. The molecule has 2 aromatic carbocycles. The molecule has 1 unspecified atom stereocenters. The SMILES string of the molecule is CCCCOC(=O)CCP(=O)(C(=O)c1c(Cl)cccc1OC)c1ccccc1. The molecular formula is C21H24ClO5P. The minimum absolute atomic E-state index is 0.0678. The topological polar surface area (TPSA) is 69.7 Å². The lowest BCUT2D eigenvalue weighted by atomic mass is 10.2. The zero-order valence-corrected chi connectivity index (χ0v) is 17.7. The maximum absolute atomic E-state index is 13.9. The number of hydrogen-bond acceptors (Lipinski definition) is 5. The quantitative estimate of drug-likeness (QED) is 0.309. The van der Waals surface area contributed by atoms with Gasteiger partial charge in [0.15, 0.2) is 7.14 Å². The lowest BCUT2D eigenvalue weighted by molar-refractivity contribution is -0.143. The van der Waals surface area contributed by atoms with Crippen molar-refractivity contribution in [2.45, 2.75) is 26.2 Å². The van der Waals surface area contributed by atoms with E-state index in [2.05, 4.69) is 0 Å². The first kappa shape index (κ1) is 22.2. The Morgan fingerprint density at radius 3 is 2.43 bits per heavy atom. The average Bonchev–Trinajstić information content (AvgIpc) is 2.72. The summed E-state index contributed by atoms with van der Waals surface area (Å²) in [6, 6.07) is 13.2. The smallest absolute Gasteiger partial charge is 0.306 e. The molecule has 0 N–H and O–H groups in total. The monoisotopic (exact) mass is 422 g/mol. The third-order valence-corrected chi connectivity index (χ3v) is 7.48. The van der Waals surface area contributed by atoms with Gasteiger partial charge in [-0.2, -0.15) is 0 Å². The van der Waals surface area contributed by atoms with Crippen molar-refractivity contribution < 1.29 is 23.6 Å². The van der Waals surface area contributed by atoms with Crippen LogP contribution in [0.2, 0.25) is 5.02 Å². The van der Waals surface area contributed by atoms with E-state index in [1.165, 1.54) is 7.11 Å². The standard InChI is InChI=1S/C21H24ClO5P/c1-3-4-14-27-19(23)13-15-28(25,16-9-6-5-7-10-16)21(24)20-17(22)11-8-12-18(20)26-2/h5-12H,3-4,13-15H2,1-2H3. The molecule has 5 nitrogen and oxygen atoms in total. The second kappa shape index (κ2) is 10.4. The van der Waals surface area contributed by atoms with Crippen LogP contribution in [0.4, 0.5) is 0 Å². The van der Waals surface area contributed by atoms with Crippen LogP contribution < -0.4 is 10.0 Å². The minimum atomic E-state index is -3.65. The van der Waals surface area contributed by atoms with Crippen molar-refractivity contribution in [3.8, 4) is 5.75 Å². The number of carbonyl (C=O) groups is 2. The van der Waals surface area contributed by atoms with Gasteiger partial charge in [-0.25, -0.2) is 0 Å². The summed E-state index contributed by atoms with van der Waals surface area (Å²) in [5.41, 5.74) is -0.555. The van der Waals surface area contributed by atoms with Gasteiger partial charge in [-0.15, -0.1) is 0 Å². The third kappa shape index (κ3) is 5.24. The van der Waals surface area contributed by atoms with Gasteiger partial charge < -0.3 is 14.0 Å². The maximum atomic E-state index is 13.9. The van der Waals surface area contributed by atoms with E-state index in [0.717, 1.165) is 12.8 Å². The Labute approximate surface area is 170 Å². The van der Waals surface area contributed by atoms with Crippen LogP contribution in [0.1, 0.15) is 36.5 Å². The van der Waals surface area contributed by atoms with Crippen molar-refractivity contribution in [3.63, 3.8) is 0 Å². The summed E-state index contributed by atoms with van der Waals surface area (Å²) in [7, 11) is -2.23. The second-order valence-electron chi connectivity index (χ2n) is 6.25. The Balaban J connectivity index is 2.37. The molecule has 28 heavy (non-hydrogen) atoms. The molecule has 0 radical (unpaired) electrons. The molecule has 0 fully saturated rings. The summed E-state index contributed by atoms with van der Waals surface area (Å²) in [4.78, 5) is 25.4. The van der Waals surface area contributed by atoms with Crippen LogP contribution in [-0.4, -0.2) is 31.4 Å². The van der Waals surface area contributed by atoms with Crippen molar-refractivity contribution in [1.29, 1.82) is 0 Å². The Morgan fingerprint density at radius 2 is 1.79 bits per heavy atom. The molecule has 0 aliphatic rings. The van der Waals surface area contributed by atoms with Gasteiger partial charge in [0, 0.05) is 11.5 Å². The van der Waals surface area contributed by atoms with Crippen LogP contribution in [0.15, 0.2) is 48.5 Å². The Kier molecular flexibility index (Phi) is 8.28. The zero-order chi connectivity index (χ0) is 20.6. The minimum Gasteiger partial charge on any atom is -0.496 e. The van der Waals surface area contributed by atoms with Gasteiger partial charge in [0.05, 0.1) is 30.7 Å². The average molecular weight is 423 g/mol. The number of methoxy groups -OCH3 is 1. The summed E-state index contributed by atoms with van der Waals surface area (Å²) in [6.45, 7) is 2.31. The molecule has 150 valence electrons. The highest BCUT2D eigenvalue weighted by atomic mass is 35.5. The molecule has 0 saturated heterocycles. The molecule has 0 aromatic heterocycles. The molecule has 0 spiro atoms. The van der Waals surface area contributed by atoms with Crippen molar-refractivity contribution in [1.82, 2.24) is 0 Å². The van der Waals surface area contributed by atoms with E-state index in [0.29, 0.717) is 11.9 Å². The predicted octanol–water partition coefficient (Wildman–Crippen LogP) is 4.91. The van der Waals surface area contributed by atoms with Crippen molar-refractivity contribution in [2.24, 2.45) is 0 Å². The molecule has 1 atom stereocenters. The summed E-state index contributed by atoms with van der Waals surface area (Å²) in [6.07, 6.45) is 1.42. The first-order valence-corrected chi connectivity index (χ1v) is 11.4. The summed E-state index contributed by atoms with van der Waals surface area (Å²) in [5, 5.41) is 0.536. The first-order chi connectivity index (χ1) is 13.4. The summed E-state index contributed by atoms with van der Waals surface area (Å²) >= 11 is 6.23. The van der Waals surface area contributed by atoms with Gasteiger partial charge in [0.25, 0.3) is 0 Å². The fourth-order valence-corrected chi connectivity index (χ4v) is 5.49. The van der Waals surface area contributed by atoms with Crippen LogP contribution in [0.5, 0.6) is 5.75 Å². The van der Waals surface area contributed by atoms with E-state index in [1.54, 1.807) is 48.5 Å². The molecule has 2 rings (SSSR count). The van der Waals surface area contributed by atoms with Gasteiger partial charge in [-0.3, -0.25) is 9.59 Å². The van der Waals surface area contributed by atoms with E-state index < -0.39 is 18.6 Å². The zero-order valence-electron chi connectivity index (χ0n) is 16.0. The van der Waals surface area contributed by atoms with Crippen LogP contribution in [0.25, 0.3) is 0 Å². The molecule has 0 saturated carbocycles. The molecule has 0 aliphatic carbocycles. The lowest BCUT2D eigenvalue weighted by Gasteiger charge is -2.19. The highest BCUT2D eigenvalue weighted by molar-refractivity contribution is 7.87. The first-order valence-electron chi connectivity index (χ1n) is 9.11. The lowest BCUT2D eigenvalue weighted by Crippen LogP contribution is -2.19. The molecule has 2 aromatic rings. The number of halogens is 1. The van der Waals surface area contributed by atoms with E-state index in [9.17, 15) is 14.2 Å². The van der Waals surface area contributed by atoms with E-state index >= 15 is 0 Å². The fourth-order valence-electron chi connectivity index (χ4n) is 2.73. The third-order valence-electron chi connectivity index (χ3n) is 4.30. The van der Waals surface area contributed by atoms with Crippen LogP contribution in [0, 0.1) is 0 Å². The van der Waals surface area contributed by atoms with Crippen molar-refractivity contribution in [2.75, 3.05) is 19.9 Å². The molecule has 0 amide bonds. The number of hydrogen-bond donors (Lipinski definition) is 0. The highest BCUT2D eigenvalue weighted by Gasteiger charge is 2.37. The second-order valence-corrected chi connectivity index (χ2v) is 9.50. The van der Waals surface area contributed by atoms with E-state index in [1.807, 2.05) is 6.92 Å². The normalized spacial score (nSPS) is 12.8. The van der Waals surface area contributed by atoms with Crippen LogP contribution in [0.3, 0.4) is 0 Å². The Hall–Kier alpha value is -2.10. The van der Waals surface area contributed by atoms with Gasteiger partial charge in [0.2, 0.25) is 5.52 Å². The number of unbranched alkanes of at least 4 members (excludes halogenated alkanes) is 1. The number of rotatable bonds is 10. The van der Waals surface area contributed by atoms with Gasteiger partial charge in [-0.1, -0.05) is 61.3 Å². The number of esters is 1. The Bertz CT molecular complexity index is 866.